The maximum absolute atomic E-state index is 12.4. The minimum absolute atomic E-state index is 0.0818. The zero-order chi connectivity index (χ0) is 21.4. The number of nitro benzene ring substituents is 1. The van der Waals surface area contributed by atoms with E-state index in [0.29, 0.717) is 6.54 Å². The van der Waals surface area contributed by atoms with Crippen molar-refractivity contribution < 1.29 is 24.4 Å². The SMILES string of the molecule is Cc1ccc(CN(C)C(=O)COC(=O)c2cc([N+](=O)[O-])ccc2NCCO)cc1. The number of likely N-dealkylation sites (N-methyl/N-ethyl adjacent to an activating group) is 1. The van der Waals surface area contributed by atoms with Crippen LogP contribution in [0, 0.1) is 17.0 Å². The van der Waals surface area contributed by atoms with Crippen molar-refractivity contribution in [3.8, 4) is 0 Å². The van der Waals surface area contributed by atoms with E-state index in [-0.39, 0.29) is 30.1 Å². The summed E-state index contributed by atoms with van der Waals surface area (Å²) < 4.78 is 5.07. The Bertz CT molecular complexity index is 882. The minimum atomic E-state index is -0.869. The molecule has 0 aromatic heterocycles. The van der Waals surface area contributed by atoms with Gasteiger partial charge in [0.1, 0.15) is 0 Å². The highest BCUT2D eigenvalue weighted by Gasteiger charge is 2.20. The van der Waals surface area contributed by atoms with E-state index >= 15 is 0 Å². The van der Waals surface area contributed by atoms with Crippen LogP contribution in [0.25, 0.3) is 0 Å². The third-order valence-corrected chi connectivity index (χ3v) is 4.15. The number of carbonyl (C=O) groups is 2. The average Bonchev–Trinajstić information content (AvgIpc) is 2.71. The van der Waals surface area contributed by atoms with Crippen LogP contribution in [0.2, 0.25) is 0 Å². The molecule has 29 heavy (non-hydrogen) atoms. The molecule has 0 aliphatic rings. The Kier molecular flexibility index (Phi) is 7.67. The highest BCUT2D eigenvalue weighted by atomic mass is 16.6. The fourth-order valence-corrected chi connectivity index (χ4v) is 2.53. The molecular formula is C20H23N3O6. The second kappa shape index (κ2) is 10.2. The zero-order valence-electron chi connectivity index (χ0n) is 16.3. The first-order valence-corrected chi connectivity index (χ1v) is 8.91. The first-order chi connectivity index (χ1) is 13.8. The number of anilines is 1. The van der Waals surface area contributed by atoms with Gasteiger partial charge in [-0.15, -0.1) is 0 Å². The van der Waals surface area contributed by atoms with E-state index in [4.69, 9.17) is 9.84 Å². The number of benzene rings is 2. The number of carbonyl (C=O) groups excluding carboxylic acids is 2. The van der Waals surface area contributed by atoms with Crippen molar-refractivity contribution in [3.05, 3.63) is 69.3 Å². The van der Waals surface area contributed by atoms with Crippen LogP contribution in [-0.2, 0) is 16.1 Å². The summed E-state index contributed by atoms with van der Waals surface area (Å²) in [6, 6.07) is 11.4. The summed E-state index contributed by atoms with van der Waals surface area (Å²) in [7, 11) is 1.59. The van der Waals surface area contributed by atoms with Gasteiger partial charge in [0.25, 0.3) is 11.6 Å². The molecule has 154 valence electrons. The number of amides is 1. The van der Waals surface area contributed by atoms with Crippen molar-refractivity contribution in [3.63, 3.8) is 0 Å². The number of aryl methyl sites for hydroxylation is 1. The number of nitrogens with one attached hydrogen (secondary N) is 1. The van der Waals surface area contributed by atoms with Crippen molar-refractivity contribution in [1.82, 2.24) is 4.90 Å². The molecule has 0 saturated carbocycles. The standard InChI is InChI=1S/C20H23N3O6/c1-14-3-5-15(6-4-14)12-22(2)19(25)13-29-20(26)17-11-16(23(27)28)7-8-18(17)21-9-10-24/h3-8,11,21,24H,9-10,12-13H2,1-2H3. The third kappa shape index (κ3) is 6.28. The molecule has 0 fully saturated rings. The number of hydrogen-bond donors (Lipinski definition) is 2. The predicted molar refractivity (Wildman–Crippen MR) is 107 cm³/mol. The summed E-state index contributed by atoms with van der Waals surface area (Å²) in [6.45, 7) is 1.79. The molecule has 2 aromatic carbocycles. The number of nitro groups is 1. The zero-order valence-corrected chi connectivity index (χ0v) is 16.3. The third-order valence-electron chi connectivity index (χ3n) is 4.15. The van der Waals surface area contributed by atoms with E-state index in [0.717, 1.165) is 17.2 Å². The van der Waals surface area contributed by atoms with E-state index in [1.807, 2.05) is 31.2 Å². The summed E-state index contributed by atoms with van der Waals surface area (Å²) in [4.78, 5) is 36.5. The van der Waals surface area contributed by atoms with Crippen molar-refractivity contribution in [1.29, 1.82) is 0 Å². The fraction of sp³-hybridized carbons (Fsp3) is 0.300. The van der Waals surface area contributed by atoms with Gasteiger partial charge in [0, 0.05) is 38.0 Å². The maximum Gasteiger partial charge on any atom is 0.341 e. The second-order valence-corrected chi connectivity index (χ2v) is 6.45. The van der Waals surface area contributed by atoms with Gasteiger partial charge >= 0.3 is 5.97 Å². The smallest absolute Gasteiger partial charge is 0.341 e. The van der Waals surface area contributed by atoms with Gasteiger partial charge in [-0.1, -0.05) is 29.8 Å². The molecule has 2 N–H and O–H groups in total. The highest BCUT2D eigenvalue weighted by Crippen LogP contribution is 2.23. The van der Waals surface area contributed by atoms with Gasteiger partial charge in [-0.05, 0) is 18.6 Å². The van der Waals surface area contributed by atoms with Gasteiger partial charge in [-0.3, -0.25) is 14.9 Å². The maximum atomic E-state index is 12.4. The summed E-state index contributed by atoms with van der Waals surface area (Å²) in [5.74, 6) is -1.28. The largest absolute Gasteiger partial charge is 0.452 e. The number of rotatable bonds is 9. The molecule has 0 aliphatic heterocycles. The molecule has 0 saturated heterocycles. The first kappa shape index (κ1) is 21.8. The molecular weight excluding hydrogens is 378 g/mol. The van der Waals surface area contributed by atoms with Crippen LogP contribution in [0.5, 0.6) is 0 Å². The van der Waals surface area contributed by atoms with Crippen LogP contribution in [0.3, 0.4) is 0 Å². The van der Waals surface area contributed by atoms with Crippen molar-refractivity contribution in [2.24, 2.45) is 0 Å². The molecule has 1 amide bonds. The lowest BCUT2D eigenvalue weighted by molar-refractivity contribution is -0.384. The number of esters is 1. The number of ether oxygens (including phenoxy) is 1. The van der Waals surface area contributed by atoms with Gasteiger partial charge in [-0.25, -0.2) is 4.79 Å². The van der Waals surface area contributed by atoms with E-state index in [2.05, 4.69) is 5.32 Å². The average molecular weight is 401 g/mol. The molecule has 9 nitrogen and oxygen atoms in total. The van der Waals surface area contributed by atoms with E-state index in [1.54, 1.807) is 7.05 Å². The number of non-ortho nitro benzene ring substituents is 1. The Balaban J connectivity index is 2.02. The molecule has 0 spiro atoms. The number of nitrogens with zero attached hydrogens (tertiary/aromatic N) is 2. The lowest BCUT2D eigenvalue weighted by atomic mass is 10.1. The van der Waals surface area contributed by atoms with Crippen molar-refractivity contribution in [2.45, 2.75) is 13.5 Å². The summed E-state index contributed by atoms with van der Waals surface area (Å²) >= 11 is 0. The first-order valence-electron chi connectivity index (χ1n) is 8.91. The number of aliphatic hydroxyl groups excluding tert-OH is 1. The van der Waals surface area contributed by atoms with Crippen LogP contribution in [0.4, 0.5) is 11.4 Å². The van der Waals surface area contributed by atoms with E-state index < -0.39 is 23.4 Å². The van der Waals surface area contributed by atoms with Gasteiger partial charge in [0.2, 0.25) is 0 Å². The van der Waals surface area contributed by atoms with Crippen LogP contribution in [0.1, 0.15) is 21.5 Å². The van der Waals surface area contributed by atoms with Crippen molar-refractivity contribution >= 4 is 23.3 Å². The number of hydrogen-bond acceptors (Lipinski definition) is 7. The molecule has 0 bridgehead atoms. The van der Waals surface area contributed by atoms with Crippen molar-refractivity contribution in [2.75, 3.05) is 32.1 Å². The van der Waals surface area contributed by atoms with Crippen LogP contribution >= 0.6 is 0 Å². The molecule has 2 rings (SSSR count). The summed E-state index contributed by atoms with van der Waals surface area (Å²) in [6.07, 6.45) is 0. The van der Waals surface area contributed by atoms with E-state index in [9.17, 15) is 19.7 Å². The van der Waals surface area contributed by atoms with E-state index in [1.165, 1.54) is 17.0 Å². The quantitative estimate of drug-likeness (QED) is 0.375. The Labute approximate surface area is 168 Å². The van der Waals surface area contributed by atoms with Gasteiger partial charge in [-0.2, -0.15) is 0 Å². The molecule has 0 radical (unpaired) electrons. The normalized spacial score (nSPS) is 10.3. The van der Waals surface area contributed by atoms with Crippen LogP contribution < -0.4 is 5.32 Å². The number of aliphatic hydroxyl groups is 1. The van der Waals surface area contributed by atoms with Crippen LogP contribution in [0.15, 0.2) is 42.5 Å². The second-order valence-electron chi connectivity index (χ2n) is 6.45. The highest BCUT2D eigenvalue weighted by molar-refractivity contribution is 5.97. The monoisotopic (exact) mass is 401 g/mol. The topological polar surface area (TPSA) is 122 Å². The Hall–Kier alpha value is -3.46. The predicted octanol–water partition coefficient (Wildman–Crippen LogP) is 2.12. The van der Waals surface area contributed by atoms with Crippen LogP contribution in [-0.4, -0.2) is 53.6 Å². The van der Waals surface area contributed by atoms with Gasteiger partial charge < -0.3 is 20.1 Å². The minimum Gasteiger partial charge on any atom is -0.452 e. The molecule has 0 atom stereocenters. The molecule has 2 aromatic rings. The fourth-order valence-electron chi connectivity index (χ4n) is 2.53. The summed E-state index contributed by atoms with van der Waals surface area (Å²) in [5.41, 5.74) is 1.96. The molecule has 0 heterocycles. The Morgan fingerprint density at radius 2 is 1.90 bits per heavy atom. The van der Waals surface area contributed by atoms with Gasteiger partial charge in [0.15, 0.2) is 6.61 Å². The summed E-state index contributed by atoms with van der Waals surface area (Å²) in [5, 5.41) is 22.7. The molecule has 0 aliphatic carbocycles. The Morgan fingerprint density at radius 1 is 1.21 bits per heavy atom. The lowest BCUT2D eigenvalue weighted by Crippen LogP contribution is -2.31. The lowest BCUT2D eigenvalue weighted by Gasteiger charge is -2.18. The molecule has 9 heteroatoms. The Morgan fingerprint density at radius 3 is 2.52 bits per heavy atom. The van der Waals surface area contributed by atoms with Gasteiger partial charge in [0.05, 0.1) is 17.1 Å². The molecule has 0 unspecified atom stereocenters.